The number of rotatable bonds is 5. The zero-order chi connectivity index (χ0) is 27.2. The highest BCUT2D eigenvalue weighted by atomic mass is 19.2. The molecule has 1 saturated heterocycles. The van der Waals surface area contributed by atoms with Gasteiger partial charge in [-0.25, -0.2) is 31.0 Å². The van der Waals surface area contributed by atoms with E-state index in [1.807, 2.05) is 0 Å². The van der Waals surface area contributed by atoms with Gasteiger partial charge >= 0.3 is 0 Å². The van der Waals surface area contributed by atoms with E-state index in [9.17, 15) is 46.5 Å². The first-order chi connectivity index (χ1) is 17.5. The number of aromatic nitrogens is 3. The fourth-order valence-electron chi connectivity index (χ4n) is 4.00. The SMILES string of the molecule is CN(C(=O)c1c(F)c(F)c(F)c(F)c1F)C1OC(CO)C(O)C(n2cc(-c3cccc(F)c3)nn2)C1O. The second-order valence-electron chi connectivity index (χ2n) is 8.17. The number of halogens is 6. The summed E-state index contributed by atoms with van der Waals surface area (Å²) in [5, 5.41) is 38.9. The first kappa shape index (κ1) is 26.5. The van der Waals surface area contributed by atoms with Crippen molar-refractivity contribution in [2.24, 2.45) is 0 Å². The van der Waals surface area contributed by atoms with Crippen LogP contribution in [0.4, 0.5) is 26.3 Å². The number of amides is 1. The van der Waals surface area contributed by atoms with E-state index in [0.717, 1.165) is 17.8 Å². The summed E-state index contributed by atoms with van der Waals surface area (Å²) in [4.78, 5) is 13.1. The molecule has 5 atom stereocenters. The van der Waals surface area contributed by atoms with Crippen LogP contribution in [0.1, 0.15) is 16.4 Å². The smallest absolute Gasteiger partial charge is 0.261 e. The lowest BCUT2D eigenvalue weighted by Crippen LogP contribution is -2.61. The van der Waals surface area contributed by atoms with E-state index in [1.54, 1.807) is 0 Å². The number of hydrogen-bond donors (Lipinski definition) is 3. The highest BCUT2D eigenvalue weighted by Crippen LogP contribution is 2.33. The molecule has 2 heterocycles. The molecule has 0 saturated carbocycles. The Morgan fingerprint density at radius 2 is 1.65 bits per heavy atom. The van der Waals surface area contributed by atoms with Crippen LogP contribution in [0, 0.1) is 34.9 Å². The van der Waals surface area contributed by atoms with Gasteiger partial charge in [-0.1, -0.05) is 17.3 Å². The molecule has 1 amide bonds. The minimum atomic E-state index is -2.47. The monoisotopic (exact) mass is 532 g/mol. The van der Waals surface area contributed by atoms with E-state index >= 15 is 0 Å². The van der Waals surface area contributed by atoms with Gasteiger partial charge in [0.15, 0.2) is 29.5 Å². The van der Waals surface area contributed by atoms with Crippen LogP contribution in [-0.2, 0) is 4.74 Å². The topological polar surface area (TPSA) is 121 Å². The van der Waals surface area contributed by atoms with Crippen LogP contribution in [0.2, 0.25) is 0 Å². The number of hydrogen-bond acceptors (Lipinski definition) is 7. The number of ether oxygens (including phenoxy) is 1. The molecule has 3 N–H and O–H groups in total. The first-order valence-corrected chi connectivity index (χ1v) is 10.6. The molecule has 1 fully saturated rings. The van der Waals surface area contributed by atoms with Crippen LogP contribution in [0.25, 0.3) is 11.3 Å². The van der Waals surface area contributed by atoms with Crippen LogP contribution in [-0.4, -0.2) is 79.3 Å². The van der Waals surface area contributed by atoms with Crippen LogP contribution in [0.5, 0.6) is 0 Å². The molecule has 1 aliphatic rings. The van der Waals surface area contributed by atoms with Crippen molar-refractivity contribution >= 4 is 5.91 Å². The standard InChI is InChI=1S/C22H18F6N4O5/c1-31(21(36)12-13(24)15(26)17(28)16(27)14(12)25)22-20(35)18(19(34)11(7-33)37-22)32-6-10(29-30-32)8-3-2-4-9(23)5-8/h2-6,11,18-20,22,33-35H,7H2,1H3. The van der Waals surface area contributed by atoms with Gasteiger partial charge in [0, 0.05) is 12.6 Å². The average molecular weight is 532 g/mol. The van der Waals surface area contributed by atoms with E-state index < -0.39 is 83.6 Å². The fraction of sp³-hybridized carbons (Fsp3) is 0.318. The molecule has 2 aromatic carbocycles. The molecule has 4 rings (SSSR count). The van der Waals surface area contributed by atoms with Crippen LogP contribution in [0.15, 0.2) is 30.5 Å². The van der Waals surface area contributed by atoms with Gasteiger partial charge in [-0.15, -0.1) is 5.10 Å². The molecular weight excluding hydrogens is 514 g/mol. The number of likely N-dealkylation sites (N-methyl/N-ethyl adjacent to an activating group) is 1. The van der Waals surface area contributed by atoms with Crippen LogP contribution < -0.4 is 0 Å². The normalized spacial score (nSPS) is 23.8. The quantitative estimate of drug-likeness (QED) is 0.259. The van der Waals surface area contributed by atoms with E-state index in [1.165, 1.54) is 24.4 Å². The largest absolute Gasteiger partial charge is 0.394 e. The fourth-order valence-corrected chi connectivity index (χ4v) is 4.00. The van der Waals surface area contributed by atoms with Gasteiger partial charge in [0.25, 0.3) is 5.91 Å². The van der Waals surface area contributed by atoms with E-state index in [2.05, 4.69) is 10.3 Å². The molecule has 1 aliphatic heterocycles. The van der Waals surface area contributed by atoms with Crippen molar-refractivity contribution in [3.8, 4) is 11.3 Å². The van der Waals surface area contributed by atoms with Crippen molar-refractivity contribution < 1.29 is 51.2 Å². The Hall–Kier alpha value is -3.53. The van der Waals surface area contributed by atoms with Crippen molar-refractivity contribution in [2.75, 3.05) is 13.7 Å². The van der Waals surface area contributed by atoms with Gasteiger partial charge in [-0.3, -0.25) is 4.79 Å². The van der Waals surface area contributed by atoms with Gasteiger partial charge < -0.3 is 25.0 Å². The lowest BCUT2D eigenvalue weighted by molar-refractivity contribution is -0.235. The average Bonchev–Trinajstić information content (AvgIpc) is 3.36. The molecule has 0 bridgehead atoms. The third-order valence-corrected chi connectivity index (χ3v) is 5.93. The van der Waals surface area contributed by atoms with Crippen LogP contribution >= 0.6 is 0 Å². The molecule has 0 aliphatic carbocycles. The predicted octanol–water partition coefficient (Wildman–Crippen LogP) is 1.53. The second kappa shape index (κ2) is 10.1. The lowest BCUT2D eigenvalue weighted by atomic mass is 9.94. The maximum Gasteiger partial charge on any atom is 0.261 e. The summed E-state index contributed by atoms with van der Waals surface area (Å²) in [5.74, 6) is -14.3. The molecule has 9 nitrogen and oxygen atoms in total. The van der Waals surface area contributed by atoms with Crippen molar-refractivity contribution in [2.45, 2.75) is 30.6 Å². The Kier molecular flexibility index (Phi) is 7.23. The van der Waals surface area contributed by atoms with Crippen LogP contribution in [0.3, 0.4) is 0 Å². The Balaban J connectivity index is 1.69. The van der Waals surface area contributed by atoms with Crippen molar-refractivity contribution in [3.05, 3.63) is 70.9 Å². The van der Waals surface area contributed by atoms with E-state index in [-0.39, 0.29) is 11.3 Å². The Morgan fingerprint density at radius 1 is 1.03 bits per heavy atom. The van der Waals surface area contributed by atoms with E-state index in [4.69, 9.17) is 4.74 Å². The second-order valence-corrected chi connectivity index (χ2v) is 8.17. The molecule has 0 radical (unpaired) electrons. The van der Waals surface area contributed by atoms with Crippen molar-refractivity contribution in [1.29, 1.82) is 0 Å². The summed E-state index contributed by atoms with van der Waals surface area (Å²) in [7, 11) is 0.844. The zero-order valence-electron chi connectivity index (χ0n) is 18.7. The molecule has 37 heavy (non-hydrogen) atoms. The number of carbonyl (C=O) groups excluding carboxylic acids is 1. The summed E-state index contributed by atoms with van der Waals surface area (Å²) in [6, 6.07) is 3.75. The molecule has 198 valence electrons. The molecule has 15 heteroatoms. The highest BCUT2D eigenvalue weighted by Gasteiger charge is 2.49. The van der Waals surface area contributed by atoms with Gasteiger partial charge in [0.05, 0.1) is 12.8 Å². The molecule has 0 spiro atoms. The molecule has 5 unspecified atom stereocenters. The maximum absolute atomic E-state index is 14.2. The Morgan fingerprint density at radius 3 is 2.24 bits per heavy atom. The molecule has 1 aromatic heterocycles. The minimum absolute atomic E-state index is 0.119. The van der Waals surface area contributed by atoms with Crippen molar-refractivity contribution in [1.82, 2.24) is 19.9 Å². The third-order valence-electron chi connectivity index (χ3n) is 5.93. The van der Waals surface area contributed by atoms with Gasteiger partial charge in [-0.2, -0.15) is 0 Å². The van der Waals surface area contributed by atoms with Gasteiger partial charge in [0.2, 0.25) is 5.82 Å². The van der Waals surface area contributed by atoms with Crippen molar-refractivity contribution in [3.63, 3.8) is 0 Å². The number of aliphatic hydroxyl groups excluding tert-OH is 3. The first-order valence-electron chi connectivity index (χ1n) is 10.6. The summed E-state index contributed by atoms with van der Waals surface area (Å²) < 4.78 is 89.0. The Bertz CT molecular complexity index is 1310. The number of aliphatic hydroxyl groups is 3. The minimum Gasteiger partial charge on any atom is -0.394 e. The molecule has 3 aromatic rings. The summed E-state index contributed by atoms with van der Waals surface area (Å²) in [5.41, 5.74) is -1.39. The van der Waals surface area contributed by atoms with Gasteiger partial charge in [0.1, 0.15) is 41.4 Å². The summed E-state index contributed by atoms with van der Waals surface area (Å²) in [6.45, 7) is -0.864. The van der Waals surface area contributed by atoms with Gasteiger partial charge in [-0.05, 0) is 12.1 Å². The number of nitrogens with zero attached hydrogens (tertiary/aromatic N) is 4. The number of benzene rings is 2. The third kappa shape index (κ3) is 4.54. The zero-order valence-corrected chi connectivity index (χ0v) is 18.7. The maximum atomic E-state index is 14.2. The summed E-state index contributed by atoms with van der Waals surface area (Å²) in [6.07, 6.45) is -5.73. The van der Waals surface area contributed by atoms with E-state index in [0.29, 0.717) is 4.90 Å². The highest BCUT2D eigenvalue weighted by molar-refractivity contribution is 5.95. The predicted molar refractivity (Wildman–Crippen MR) is 111 cm³/mol. The summed E-state index contributed by atoms with van der Waals surface area (Å²) >= 11 is 0. The lowest BCUT2D eigenvalue weighted by Gasteiger charge is -2.45. The number of carbonyl (C=O) groups is 1. The molecular formula is C22H18F6N4O5. The Labute approximate surface area is 204 Å².